The van der Waals surface area contributed by atoms with Gasteiger partial charge in [0, 0.05) is 10.9 Å². The summed E-state index contributed by atoms with van der Waals surface area (Å²) in [5.74, 6) is 0.373. The molecule has 2 heteroatoms. The van der Waals surface area contributed by atoms with E-state index in [-0.39, 0.29) is 5.41 Å². The van der Waals surface area contributed by atoms with Crippen molar-refractivity contribution in [2.45, 2.75) is 38.5 Å². The Labute approximate surface area is 99.0 Å². The van der Waals surface area contributed by atoms with Crippen molar-refractivity contribution in [3.05, 3.63) is 33.8 Å². The van der Waals surface area contributed by atoms with E-state index in [1.165, 1.54) is 11.1 Å². The van der Waals surface area contributed by atoms with Gasteiger partial charge in [-0.05, 0) is 36.6 Å². The van der Waals surface area contributed by atoms with Gasteiger partial charge < -0.3 is 0 Å². The SMILES string of the molecule is CCCC1(C)C(=O)Cc2ccc(Br)cc21. The summed E-state index contributed by atoms with van der Waals surface area (Å²) in [6.07, 6.45) is 2.61. The lowest BCUT2D eigenvalue weighted by atomic mass is 9.79. The molecule has 0 heterocycles. The maximum atomic E-state index is 12.0. The normalized spacial score (nSPS) is 24.3. The van der Waals surface area contributed by atoms with Crippen LogP contribution in [0.3, 0.4) is 0 Å². The van der Waals surface area contributed by atoms with Gasteiger partial charge in [-0.1, -0.05) is 35.3 Å². The van der Waals surface area contributed by atoms with Gasteiger partial charge in [0.1, 0.15) is 5.78 Å². The smallest absolute Gasteiger partial charge is 0.147 e. The van der Waals surface area contributed by atoms with E-state index >= 15 is 0 Å². The fraction of sp³-hybridized carbons (Fsp3) is 0.462. The molecule has 0 aromatic heterocycles. The zero-order valence-corrected chi connectivity index (χ0v) is 10.7. The van der Waals surface area contributed by atoms with E-state index in [4.69, 9.17) is 0 Å². The Morgan fingerprint density at radius 2 is 2.20 bits per heavy atom. The fourth-order valence-electron chi connectivity index (χ4n) is 2.51. The van der Waals surface area contributed by atoms with Crippen molar-refractivity contribution in [1.29, 1.82) is 0 Å². The monoisotopic (exact) mass is 266 g/mol. The number of hydrogen-bond acceptors (Lipinski definition) is 1. The second kappa shape index (κ2) is 3.75. The molecule has 80 valence electrons. The summed E-state index contributed by atoms with van der Waals surface area (Å²) >= 11 is 3.48. The topological polar surface area (TPSA) is 17.1 Å². The van der Waals surface area contributed by atoms with Crippen LogP contribution in [0, 0.1) is 0 Å². The van der Waals surface area contributed by atoms with Crippen LogP contribution in [0.25, 0.3) is 0 Å². The van der Waals surface area contributed by atoms with Crippen LogP contribution in [0.1, 0.15) is 37.8 Å². The quantitative estimate of drug-likeness (QED) is 0.799. The number of hydrogen-bond donors (Lipinski definition) is 0. The number of halogens is 1. The Bertz CT molecular complexity index is 411. The van der Waals surface area contributed by atoms with Gasteiger partial charge in [-0.15, -0.1) is 0 Å². The first-order chi connectivity index (χ1) is 7.08. The summed E-state index contributed by atoms with van der Waals surface area (Å²) in [5, 5.41) is 0. The fourth-order valence-corrected chi connectivity index (χ4v) is 2.87. The van der Waals surface area contributed by atoms with Gasteiger partial charge >= 0.3 is 0 Å². The molecule has 0 bridgehead atoms. The lowest BCUT2D eigenvalue weighted by Crippen LogP contribution is -2.27. The van der Waals surface area contributed by atoms with Crippen LogP contribution in [-0.4, -0.2) is 5.78 Å². The van der Waals surface area contributed by atoms with E-state index in [1.807, 2.05) is 6.07 Å². The Morgan fingerprint density at radius 3 is 2.87 bits per heavy atom. The second-order valence-electron chi connectivity index (χ2n) is 4.48. The average Bonchev–Trinajstić information content (AvgIpc) is 2.42. The summed E-state index contributed by atoms with van der Waals surface area (Å²) in [4.78, 5) is 12.0. The van der Waals surface area contributed by atoms with Gasteiger partial charge in [-0.2, -0.15) is 0 Å². The number of rotatable bonds is 2. The number of carbonyl (C=O) groups excluding carboxylic acids is 1. The van der Waals surface area contributed by atoms with Crippen LogP contribution in [-0.2, 0) is 16.6 Å². The zero-order chi connectivity index (χ0) is 11.1. The third kappa shape index (κ3) is 1.65. The molecule has 0 N–H and O–H groups in total. The number of fused-ring (bicyclic) bond motifs is 1. The molecule has 0 radical (unpaired) electrons. The summed E-state index contributed by atoms with van der Waals surface area (Å²) in [5.41, 5.74) is 2.19. The van der Waals surface area contributed by atoms with Crippen molar-refractivity contribution in [2.24, 2.45) is 0 Å². The maximum Gasteiger partial charge on any atom is 0.147 e. The summed E-state index contributed by atoms with van der Waals surface area (Å²) in [6.45, 7) is 4.21. The summed E-state index contributed by atoms with van der Waals surface area (Å²) in [6, 6.07) is 6.19. The summed E-state index contributed by atoms with van der Waals surface area (Å²) < 4.78 is 1.07. The molecule has 1 aromatic carbocycles. The second-order valence-corrected chi connectivity index (χ2v) is 5.40. The average molecular weight is 267 g/mol. The van der Waals surface area contributed by atoms with Crippen LogP contribution in [0.5, 0.6) is 0 Å². The van der Waals surface area contributed by atoms with Crippen molar-refractivity contribution in [2.75, 3.05) is 0 Å². The van der Waals surface area contributed by atoms with Gasteiger partial charge in [-0.3, -0.25) is 4.79 Å². The number of ketones is 1. The van der Waals surface area contributed by atoms with Gasteiger partial charge in [0.15, 0.2) is 0 Å². The van der Waals surface area contributed by atoms with Crippen LogP contribution >= 0.6 is 15.9 Å². The molecular formula is C13H15BrO. The van der Waals surface area contributed by atoms with Gasteiger partial charge in [0.2, 0.25) is 0 Å². The molecular weight excluding hydrogens is 252 g/mol. The molecule has 1 unspecified atom stereocenters. The minimum atomic E-state index is -0.242. The van der Waals surface area contributed by atoms with Gasteiger partial charge in [0.05, 0.1) is 5.41 Å². The van der Waals surface area contributed by atoms with Gasteiger partial charge in [0.25, 0.3) is 0 Å². The van der Waals surface area contributed by atoms with Crippen molar-refractivity contribution < 1.29 is 4.79 Å². The van der Waals surface area contributed by atoms with Crippen LogP contribution in [0.2, 0.25) is 0 Å². The highest BCUT2D eigenvalue weighted by molar-refractivity contribution is 9.10. The Kier molecular flexibility index (Phi) is 2.72. The Morgan fingerprint density at radius 1 is 1.47 bits per heavy atom. The van der Waals surface area contributed by atoms with E-state index in [2.05, 4.69) is 41.9 Å². The lowest BCUT2D eigenvalue weighted by molar-refractivity contribution is -0.122. The Hall–Kier alpha value is -0.630. The third-order valence-electron chi connectivity index (χ3n) is 3.38. The first kappa shape index (κ1) is 10.9. The molecule has 0 spiro atoms. The first-order valence-electron chi connectivity index (χ1n) is 5.40. The molecule has 0 saturated heterocycles. The van der Waals surface area contributed by atoms with E-state index in [0.29, 0.717) is 12.2 Å². The molecule has 1 aromatic rings. The molecule has 1 nitrogen and oxygen atoms in total. The number of carbonyl (C=O) groups is 1. The zero-order valence-electron chi connectivity index (χ0n) is 9.14. The third-order valence-corrected chi connectivity index (χ3v) is 3.88. The van der Waals surface area contributed by atoms with Crippen molar-refractivity contribution >= 4 is 21.7 Å². The van der Waals surface area contributed by atoms with Crippen LogP contribution in [0.4, 0.5) is 0 Å². The van der Waals surface area contributed by atoms with Crippen LogP contribution in [0.15, 0.2) is 22.7 Å². The molecule has 1 aliphatic carbocycles. The Balaban J connectivity index is 2.52. The highest BCUT2D eigenvalue weighted by atomic mass is 79.9. The van der Waals surface area contributed by atoms with Crippen LogP contribution < -0.4 is 0 Å². The minimum absolute atomic E-state index is 0.242. The van der Waals surface area contributed by atoms with Crippen molar-refractivity contribution in [3.8, 4) is 0 Å². The molecule has 1 aliphatic rings. The maximum absolute atomic E-state index is 12.0. The highest BCUT2D eigenvalue weighted by Crippen LogP contribution is 2.40. The van der Waals surface area contributed by atoms with E-state index < -0.39 is 0 Å². The molecule has 2 rings (SSSR count). The molecule has 15 heavy (non-hydrogen) atoms. The molecule has 0 saturated carbocycles. The number of Topliss-reactive ketones (excluding diaryl/α,β-unsaturated/α-hetero) is 1. The van der Waals surface area contributed by atoms with Crippen molar-refractivity contribution in [3.63, 3.8) is 0 Å². The van der Waals surface area contributed by atoms with E-state index in [0.717, 1.165) is 17.3 Å². The molecule has 0 fully saturated rings. The van der Waals surface area contributed by atoms with Gasteiger partial charge in [-0.25, -0.2) is 0 Å². The van der Waals surface area contributed by atoms with E-state index in [9.17, 15) is 4.79 Å². The summed E-state index contributed by atoms with van der Waals surface area (Å²) in [7, 11) is 0. The van der Waals surface area contributed by atoms with E-state index in [1.54, 1.807) is 0 Å². The first-order valence-corrected chi connectivity index (χ1v) is 6.19. The standard InChI is InChI=1S/C13H15BrO/c1-3-6-13(2)11-8-10(14)5-4-9(11)7-12(13)15/h4-5,8H,3,6-7H2,1-2H3. The lowest BCUT2D eigenvalue weighted by Gasteiger charge is -2.23. The molecule has 0 amide bonds. The van der Waals surface area contributed by atoms with Crippen molar-refractivity contribution in [1.82, 2.24) is 0 Å². The molecule has 1 atom stereocenters. The predicted molar refractivity (Wildman–Crippen MR) is 65.1 cm³/mol. The largest absolute Gasteiger partial charge is 0.298 e. The minimum Gasteiger partial charge on any atom is -0.298 e. The number of benzene rings is 1. The predicted octanol–water partition coefficient (Wildman–Crippen LogP) is 3.63. The highest BCUT2D eigenvalue weighted by Gasteiger charge is 2.41. The molecule has 0 aliphatic heterocycles.